The van der Waals surface area contributed by atoms with E-state index in [4.69, 9.17) is 4.74 Å². The van der Waals surface area contributed by atoms with Crippen molar-refractivity contribution in [3.63, 3.8) is 0 Å². The highest BCUT2D eigenvalue weighted by Gasteiger charge is 2.46. The maximum atomic E-state index is 12.7. The van der Waals surface area contributed by atoms with Gasteiger partial charge in [-0.15, -0.1) is 0 Å². The number of hydrogen-bond acceptors (Lipinski definition) is 7. The summed E-state index contributed by atoms with van der Waals surface area (Å²) in [6.45, 7) is 3.25. The van der Waals surface area contributed by atoms with Gasteiger partial charge in [0.05, 0.1) is 18.8 Å². The van der Waals surface area contributed by atoms with Gasteiger partial charge in [0.2, 0.25) is 0 Å². The first-order valence-corrected chi connectivity index (χ1v) is 11.5. The molecule has 1 amide bonds. The molecule has 2 fully saturated rings. The average molecular weight is 455 g/mol. The molecule has 2 saturated heterocycles. The zero-order valence-electron chi connectivity index (χ0n) is 19.3. The van der Waals surface area contributed by atoms with Gasteiger partial charge in [-0.2, -0.15) is 0 Å². The Hall–Kier alpha value is -2.65. The maximum Gasteiger partial charge on any atom is 0.251 e. The lowest BCUT2D eigenvalue weighted by molar-refractivity contribution is -0.0209. The second-order valence-corrected chi connectivity index (χ2v) is 8.89. The van der Waals surface area contributed by atoms with Crippen molar-refractivity contribution in [1.29, 1.82) is 0 Å². The van der Waals surface area contributed by atoms with Gasteiger partial charge >= 0.3 is 0 Å². The van der Waals surface area contributed by atoms with Crippen molar-refractivity contribution in [3.05, 3.63) is 60.2 Å². The van der Waals surface area contributed by atoms with Crippen molar-refractivity contribution in [1.82, 2.24) is 10.2 Å². The van der Waals surface area contributed by atoms with E-state index >= 15 is 0 Å². The van der Waals surface area contributed by atoms with Crippen molar-refractivity contribution in [3.8, 4) is 0 Å². The monoisotopic (exact) mass is 454 g/mol. The Morgan fingerprint density at radius 1 is 1.03 bits per heavy atom. The fourth-order valence-electron chi connectivity index (χ4n) is 4.72. The van der Waals surface area contributed by atoms with Crippen LogP contribution in [0.2, 0.25) is 0 Å². The quantitative estimate of drug-likeness (QED) is 0.570. The number of anilines is 2. The van der Waals surface area contributed by atoms with Crippen molar-refractivity contribution in [2.24, 2.45) is 0 Å². The zero-order chi connectivity index (χ0) is 23.4. The number of hydrogen-bond donors (Lipinski definition) is 3. The first kappa shape index (κ1) is 23.5. The number of amides is 1. The molecule has 33 heavy (non-hydrogen) atoms. The topological polar surface area (TPSA) is 88.5 Å². The van der Waals surface area contributed by atoms with Crippen molar-refractivity contribution >= 4 is 17.3 Å². The van der Waals surface area contributed by atoms with E-state index in [1.807, 2.05) is 49.3 Å². The Morgan fingerprint density at radius 2 is 1.70 bits per heavy atom. The van der Waals surface area contributed by atoms with Gasteiger partial charge in [-0.05, 0) is 36.4 Å². The highest BCUT2D eigenvalue weighted by atomic mass is 16.5. The molecule has 8 nitrogen and oxygen atoms in total. The second kappa shape index (κ2) is 10.5. The van der Waals surface area contributed by atoms with Gasteiger partial charge in [-0.3, -0.25) is 9.69 Å². The summed E-state index contributed by atoms with van der Waals surface area (Å²) < 4.78 is 5.96. The predicted molar refractivity (Wildman–Crippen MR) is 129 cm³/mol. The van der Waals surface area contributed by atoms with Gasteiger partial charge in [0.25, 0.3) is 5.91 Å². The minimum absolute atomic E-state index is 0.182. The molecule has 2 aromatic carbocycles. The fraction of sp³-hybridized carbons (Fsp3) is 0.480. The molecule has 0 unspecified atom stereocenters. The number of benzene rings is 2. The van der Waals surface area contributed by atoms with Crippen LogP contribution in [0.15, 0.2) is 54.6 Å². The molecule has 2 heterocycles. The molecule has 0 radical (unpaired) electrons. The largest absolute Gasteiger partial charge is 0.394 e. The van der Waals surface area contributed by atoms with Crippen LogP contribution in [-0.2, 0) is 4.74 Å². The number of para-hydroxylation sites is 1. The van der Waals surface area contributed by atoms with Crippen LogP contribution < -0.4 is 15.1 Å². The molecule has 0 bridgehead atoms. The van der Waals surface area contributed by atoms with Gasteiger partial charge in [0, 0.05) is 63.8 Å². The minimum atomic E-state index is -0.806. The van der Waals surface area contributed by atoms with E-state index in [1.54, 1.807) is 12.1 Å². The number of carbonyl (C=O) groups is 1. The van der Waals surface area contributed by atoms with Crippen LogP contribution in [0.25, 0.3) is 0 Å². The van der Waals surface area contributed by atoms with E-state index in [2.05, 4.69) is 27.2 Å². The van der Waals surface area contributed by atoms with E-state index in [9.17, 15) is 15.0 Å². The standard InChI is InChI=1S/C25H34N4O4/c1-27(2)19-10-8-18(9-11-19)25(32)26-16-21-23(24(31)22(17-30)33-21)29-14-12-28(13-15-29)20-6-4-3-5-7-20/h3-11,21-24,30-31H,12-17H2,1-2H3,(H,26,32)/t21-,22+,23+,24-/m1/s1. The molecule has 178 valence electrons. The Bertz CT molecular complexity index is 900. The Kier molecular flexibility index (Phi) is 7.49. The number of ether oxygens (including phenoxy) is 1. The second-order valence-electron chi connectivity index (χ2n) is 8.89. The summed E-state index contributed by atoms with van der Waals surface area (Å²) >= 11 is 0. The molecule has 2 aliphatic rings. The van der Waals surface area contributed by atoms with Gasteiger partial charge in [-0.25, -0.2) is 0 Å². The zero-order valence-corrected chi connectivity index (χ0v) is 19.3. The van der Waals surface area contributed by atoms with Crippen LogP contribution in [0.3, 0.4) is 0 Å². The molecular formula is C25H34N4O4. The fourth-order valence-corrected chi connectivity index (χ4v) is 4.72. The van der Waals surface area contributed by atoms with Crippen molar-refractivity contribution in [2.45, 2.75) is 24.4 Å². The van der Waals surface area contributed by atoms with Crippen LogP contribution in [0.4, 0.5) is 11.4 Å². The molecule has 0 saturated carbocycles. The molecule has 2 aliphatic heterocycles. The summed E-state index contributed by atoms with van der Waals surface area (Å²) in [7, 11) is 3.91. The summed E-state index contributed by atoms with van der Waals surface area (Å²) in [5.41, 5.74) is 2.79. The molecule has 0 aliphatic carbocycles. The third-order valence-electron chi connectivity index (χ3n) is 6.61. The number of rotatable bonds is 7. The molecule has 4 rings (SSSR count). The number of nitrogens with zero attached hydrogens (tertiary/aromatic N) is 3. The minimum Gasteiger partial charge on any atom is -0.394 e. The third kappa shape index (κ3) is 5.30. The molecule has 8 heteroatoms. The number of nitrogens with one attached hydrogen (secondary N) is 1. The number of aliphatic hydroxyl groups is 2. The van der Waals surface area contributed by atoms with E-state index in [1.165, 1.54) is 5.69 Å². The lowest BCUT2D eigenvalue weighted by atomic mass is 10.0. The Morgan fingerprint density at radius 3 is 2.30 bits per heavy atom. The lowest BCUT2D eigenvalue weighted by Crippen LogP contribution is -2.57. The van der Waals surface area contributed by atoms with Gasteiger partial charge in [-0.1, -0.05) is 18.2 Å². The first-order valence-electron chi connectivity index (χ1n) is 11.5. The summed E-state index contributed by atoms with van der Waals surface area (Å²) in [5.74, 6) is -0.182. The van der Waals surface area contributed by atoms with Crippen LogP contribution >= 0.6 is 0 Å². The number of piperazine rings is 1. The summed E-state index contributed by atoms with van der Waals surface area (Å²) in [6.07, 6.45) is -1.85. The van der Waals surface area contributed by atoms with Crippen LogP contribution in [0.1, 0.15) is 10.4 Å². The van der Waals surface area contributed by atoms with E-state index < -0.39 is 18.3 Å². The summed E-state index contributed by atoms with van der Waals surface area (Å²) in [4.78, 5) is 19.2. The van der Waals surface area contributed by atoms with E-state index in [0.29, 0.717) is 5.56 Å². The predicted octanol–water partition coefficient (Wildman–Crippen LogP) is 0.794. The molecule has 0 aromatic heterocycles. The van der Waals surface area contributed by atoms with E-state index in [0.717, 1.165) is 31.9 Å². The van der Waals surface area contributed by atoms with Crippen LogP contribution in [0, 0.1) is 0 Å². The van der Waals surface area contributed by atoms with Gasteiger partial charge < -0.3 is 30.1 Å². The summed E-state index contributed by atoms with van der Waals surface area (Å²) in [6, 6.07) is 17.4. The molecule has 2 aromatic rings. The molecular weight excluding hydrogens is 420 g/mol. The van der Waals surface area contributed by atoms with Crippen LogP contribution in [0.5, 0.6) is 0 Å². The molecule has 3 N–H and O–H groups in total. The van der Waals surface area contributed by atoms with Crippen molar-refractivity contribution in [2.75, 3.05) is 63.2 Å². The lowest BCUT2D eigenvalue weighted by Gasteiger charge is -2.41. The maximum absolute atomic E-state index is 12.7. The highest BCUT2D eigenvalue weighted by molar-refractivity contribution is 5.94. The summed E-state index contributed by atoms with van der Waals surface area (Å²) in [5, 5.41) is 23.5. The SMILES string of the molecule is CN(C)c1ccc(C(=O)NC[C@H]2O[C@@H](CO)[C@@H](O)[C@H]2N2CCN(c3ccccc3)CC2)cc1. The molecule has 0 spiro atoms. The number of carbonyl (C=O) groups excluding carboxylic acids is 1. The third-order valence-corrected chi connectivity index (χ3v) is 6.61. The smallest absolute Gasteiger partial charge is 0.251 e. The Balaban J connectivity index is 1.37. The highest BCUT2D eigenvalue weighted by Crippen LogP contribution is 2.27. The molecule has 4 atom stereocenters. The Labute approximate surface area is 195 Å². The van der Waals surface area contributed by atoms with Crippen molar-refractivity contribution < 1.29 is 19.7 Å². The van der Waals surface area contributed by atoms with Crippen LogP contribution in [-0.4, -0.2) is 98.8 Å². The average Bonchev–Trinajstić information content (AvgIpc) is 3.18. The number of aliphatic hydroxyl groups excluding tert-OH is 2. The first-order chi connectivity index (χ1) is 16.0. The normalized spacial score (nSPS) is 25.8. The van der Waals surface area contributed by atoms with E-state index in [-0.39, 0.29) is 25.1 Å². The van der Waals surface area contributed by atoms with Gasteiger partial charge in [0.15, 0.2) is 0 Å². The van der Waals surface area contributed by atoms with Gasteiger partial charge in [0.1, 0.15) is 12.2 Å².